The first-order chi connectivity index (χ1) is 10.6. The number of hydrogen-bond donors (Lipinski definition) is 2. The lowest BCUT2D eigenvalue weighted by molar-refractivity contribution is 0.119. The third-order valence-corrected chi connectivity index (χ3v) is 4.98. The number of rotatable bonds is 2. The van der Waals surface area contributed by atoms with Crippen molar-refractivity contribution in [2.45, 2.75) is 19.4 Å². The maximum atomic E-state index is 12.3. The monoisotopic (exact) mass is 322 g/mol. The van der Waals surface area contributed by atoms with Crippen LogP contribution >= 0.6 is 11.6 Å². The molecule has 0 radical (unpaired) electrons. The first-order valence-electron chi connectivity index (χ1n) is 7.90. The number of carbonyl (C=O) groups excluding carboxylic acids is 1. The molecule has 0 aliphatic carbocycles. The molecule has 0 aromatic heterocycles. The zero-order valence-corrected chi connectivity index (χ0v) is 13.7. The largest absolute Gasteiger partial charge is 0.322 e. The molecule has 1 aromatic carbocycles. The Balaban J connectivity index is 1.52. The van der Waals surface area contributed by atoms with Gasteiger partial charge in [-0.1, -0.05) is 17.7 Å². The summed E-state index contributed by atoms with van der Waals surface area (Å²) in [4.78, 5) is 16.7. The fourth-order valence-corrected chi connectivity index (χ4v) is 3.29. The van der Waals surface area contributed by atoms with Crippen LogP contribution in [0.25, 0.3) is 0 Å². The average Bonchev–Trinajstić information content (AvgIpc) is 3.05. The van der Waals surface area contributed by atoms with Crippen LogP contribution in [-0.4, -0.2) is 61.1 Å². The molecule has 3 rings (SSSR count). The van der Waals surface area contributed by atoms with Gasteiger partial charge in [-0.2, -0.15) is 0 Å². The Labute approximate surface area is 136 Å². The molecule has 2 fully saturated rings. The van der Waals surface area contributed by atoms with E-state index < -0.39 is 0 Å². The highest BCUT2D eigenvalue weighted by Gasteiger charge is 2.27. The van der Waals surface area contributed by atoms with Gasteiger partial charge in [-0.3, -0.25) is 4.90 Å². The Kier molecular flexibility index (Phi) is 4.86. The van der Waals surface area contributed by atoms with E-state index in [1.165, 1.54) is 6.42 Å². The van der Waals surface area contributed by atoms with Crippen LogP contribution in [0.15, 0.2) is 18.2 Å². The molecule has 0 bridgehead atoms. The lowest BCUT2D eigenvalue weighted by Crippen LogP contribution is -2.53. The molecule has 2 saturated heterocycles. The average molecular weight is 323 g/mol. The number of hydrogen-bond acceptors (Lipinski definition) is 3. The van der Waals surface area contributed by atoms with Gasteiger partial charge >= 0.3 is 6.03 Å². The number of benzene rings is 1. The van der Waals surface area contributed by atoms with Gasteiger partial charge in [0.05, 0.1) is 0 Å². The van der Waals surface area contributed by atoms with Gasteiger partial charge in [0, 0.05) is 49.5 Å². The predicted molar refractivity (Wildman–Crippen MR) is 89.6 cm³/mol. The first kappa shape index (κ1) is 15.6. The summed E-state index contributed by atoms with van der Waals surface area (Å²) in [5.41, 5.74) is 1.77. The van der Waals surface area contributed by atoms with Gasteiger partial charge in [0.15, 0.2) is 0 Å². The topological polar surface area (TPSA) is 47.6 Å². The lowest BCUT2D eigenvalue weighted by Gasteiger charge is -2.37. The van der Waals surface area contributed by atoms with Gasteiger partial charge in [-0.25, -0.2) is 4.79 Å². The van der Waals surface area contributed by atoms with Crippen molar-refractivity contribution < 1.29 is 4.79 Å². The van der Waals surface area contributed by atoms with Crippen molar-refractivity contribution in [1.82, 2.24) is 15.1 Å². The van der Waals surface area contributed by atoms with Crippen LogP contribution < -0.4 is 10.6 Å². The van der Waals surface area contributed by atoms with E-state index in [-0.39, 0.29) is 6.03 Å². The quantitative estimate of drug-likeness (QED) is 0.877. The predicted octanol–water partition coefficient (Wildman–Crippen LogP) is 2.16. The van der Waals surface area contributed by atoms with Crippen molar-refractivity contribution >= 4 is 23.3 Å². The Bertz CT molecular complexity index is 537. The summed E-state index contributed by atoms with van der Waals surface area (Å²) < 4.78 is 0. The van der Waals surface area contributed by atoms with Crippen molar-refractivity contribution in [2.24, 2.45) is 0 Å². The highest BCUT2D eigenvalue weighted by Crippen LogP contribution is 2.20. The molecule has 2 aliphatic heterocycles. The minimum Gasteiger partial charge on any atom is -0.322 e. The smallest absolute Gasteiger partial charge is 0.321 e. The summed E-state index contributed by atoms with van der Waals surface area (Å²) >= 11 is 6.10. The molecule has 2 heterocycles. The van der Waals surface area contributed by atoms with Gasteiger partial charge in [-0.05, 0) is 37.6 Å². The number of amides is 2. The highest BCUT2D eigenvalue weighted by molar-refractivity contribution is 6.31. The second kappa shape index (κ2) is 6.86. The molecular weight excluding hydrogens is 300 g/mol. The van der Waals surface area contributed by atoms with E-state index in [9.17, 15) is 4.79 Å². The van der Waals surface area contributed by atoms with Crippen LogP contribution in [0.4, 0.5) is 10.5 Å². The normalized spacial score (nSPS) is 22.8. The molecule has 0 spiro atoms. The van der Waals surface area contributed by atoms with E-state index in [1.54, 1.807) is 6.07 Å². The van der Waals surface area contributed by atoms with Crippen LogP contribution in [0.3, 0.4) is 0 Å². The van der Waals surface area contributed by atoms with E-state index in [0.717, 1.165) is 50.5 Å². The Hall–Kier alpha value is -1.30. The molecular formula is C16H23ClN4O. The van der Waals surface area contributed by atoms with E-state index in [2.05, 4.69) is 15.5 Å². The van der Waals surface area contributed by atoms with Crippen LogP contribution in [0.1, 0.15) is 12.0 Å². The van der Waals surface area contributed by atoms with Crippen molar-refractivity contribution in [1.29, 1.82) is 0 Å². The summed E-state index contributed by atoms with van der Waals surface area (Å²) in [5, 5.41) is 7.01. The van der Waals surface area contributed by atoms with Gasteiger partial charge in [0.25, 0.3) is 0 Å². The van der Waals surface area contributed by atoms with Crippen LogP contribution in [0.2, 0.25) is 5.02 Å². The maximum absolute atomic E-state index is 12.3. The third-order valence-electron chi connectivity index (χ3n) is 4.58. The summed E-state index contributed by atoms with van der Waals surface area (Å²) in [7, 11) is 0. The fourth-order valence-electron chi connectivity index (χ4n) is 3.11. The van der Waals surface area contributed by atoms with Crippen molar-refractivity contribution in [3.05, 3.63) is 28.8 Å². The number of nitrogens with one attached hydrogen (secondary N) is 2. The Morgan fingerprint density at radius 3 is 2.73 bits per heavy atom. The number of carbonyl (C=O) groups is 1. The van der Waals surface area contributed by atoms with Gasteiger partial charge in [0.2, 0.25) is 0 Å². The standard InChI is InChI=1S/C16H23ClN4O/c1-12-2-3-13(10-15(12)17)19-16(22)21-8-6-20(7-9-21)14-4-5-18-11-14/h2-3,10,14,18H,4-9,11H2,1H3,(H,19,22). The second-order valence-corrected chi connectivity index (χ2v) is 6.47. The second-order valence-electron chi connectivity index (χ2n) is 6.06. The molecule has 22 heavy (non-hydrogen) atoms. The third kappa shape index (κ3) is 3.54. The molecule has 120 valence electrons. The molecule has 1 aromatic rings. The van der Waals surface area contributed by atoms with Crippen LogP contribution in [0.5, 0.6) is 0 Å². The molecule has 0 saturated carbocycles. The van der Waals surface area contributed by atoms with E-state index in [4.69, 9.17) is 11.6 Å². The number of anilines is 1. The summed E-state index contributed by atoms with van der Waals surface area (Å²) in [5.74, 6) is 0. The number of halogens is 1. The van der Waals surface area contributed by atoms with Crippen LogP contribution in [0, 0.1) is 6.92 Å². The minimum atomic E-state index is -0.0379. The molecule has 6 heteroatoms. The number of aryl methyl sites for hydroxylation is 1. The molecule has 2 amide bonds. The fraction of sp³-hybridized carbons (Fsp3) is 0.562. The molecule has 1 unspecified atom stereocenters. The Morgan fingerprint density at radius 2 is 2.09 bits per heavy atom. The van der Waals surface area contributed by atoms with E-state index >= 15 is 0 Å². The maximum Gasteiger partial charge on any atom is 0.321 e. The first-order valence-corrected chi connectivity index (χ1v) is 8.28. The zero-order chi connectivity index (χ0) is 15.5. The number of urea groups is 1. The number of piperazine rings is 1. The molecule has 1 atom stereocenters. The van der Waals surface area contributed by atoms with E-state index in [1.807, 2.05) is 24.0 Å². The van der Waals surface area contributed by atoms with Crippen molar-refractivity contribution in [3.63, 3.8) is 0 Å². The summed E-state index contributed by atoms with van der Waals surface area (Å²) in [6.45, 7) is 7.60. The molecule has 2 aliphatic rings. The summed E-state index contributed by atoms with van der Waals surface area (Å²) in [6, 6.07) is 6.21. The SMILES string of the molecule is Cc1ccc(NC(=O)N2CCN(C3CCNC3)CC2)cc1Cl. The van der Waals surface area contributed by atoms with Gasteiger partial charge in [0.1, 0.15) is 0 Å². The lowest BCUT2D eigenvalue weighted by atomic mass is 10.2. The van der Waals surface area contributed by atoms with Crippen molar-refractivity contribution in [3.8, 4) is 0 Å². The summed E-state index contributed by atoms with van der Waals surface area (Å²) in [6.07, 6.45) is 1.22. The van der Waals surface area contributed by atoms with Gasteiger partial charge < -0.3 is 15.5 Å². The molecule has 5 nitrogen and oxygen atoms in total. The highest BCUT2D eigenvalue weighted by atomic mass is 35.5. The minimum absolute atomic E-state index is 0.0379. The van der Waals surface area contributed by atoms with Crippen molar-refractivity contribution in [2.75, 3.05) is 44.6 Å². The van der Waals surface area contributed by atoms with Gasteiger partial charge in [-0.15, -0.1) is 0 Å². The molecule has 2 N–H and O–H groups in total. The Morgan fingerprint density at radius 1 is 1.32 bits per heavy atom. The van der Waals surface area contributed by atoms with Crippen LogP contribution in [-0.2, 0) is 0 Å². The number of nitrogens with zero attached hydrogens (tertiary/aromatic N) is 2. The van der Waals surface area contributed by atoms with E-state index in [0.29, 0.717) is 11.1 Å². The zero-order valence-electron chi connectivity index (χ0n) is 12.9.